The zero-order valence-corrected chi connectivity index (χ0v) is 12.2. The minimum absolute atomic E-state index is 0.532. The third-order valence-corrected chi connectivity index (χ3v) is 3.09. The summed E-state index contributed by atoms with van der Waals surface area (Å²) in [7, 11) is 0. The second kappa shape index (κ2) is 5.36. The molecule has 5 heteroatoms. The number of hydrogen-bond acceptors (Lipinski definition) is 4. The molecular weight excluding hydrogens is 264 g/mol. The molecule has 3 aromatic rings. The van der Waals surface area contributed by atoms with E-state index in [1.807, 2.05) is 38.2 Å². The van der Waals surface area contributed by atoms with E-state index in [1.165, 1.54) is 0 Å². The van der Waals surface area contributed by atoms with E-state index in [0.29, 0.717) is 17.5 Å². The van der Waals surface area contributed by atoms with Crippen LogP contribution in [-0.2, 0) is 0 Å². The molecule has 0 bridgehead atoms. The fraction of sp³-hybridized carbons (Fsp3) is 0.188. The molecule has 106 valence electrons. The maximum absolute atomic E-state index is 5.75. The highest BCUT2D eigenvalue weighted by molar-refractivity contribution is 5.40. The number of aromatic nitrogens is 4. The number of rotatable bonds is 3. The van der Waals surface area contributed by atoms with Crippen molar-refractivity contribution in [2.24, 2.45) is 0 Å². The first-order valence-electron chi connectivity index (χ1n) is 6.72. The second-order valence-corrected chi connectivity index (χ2v) is 4.90. The molecule has 0 unspecified atom stereocenters. The molecule has 2 aromatic heterocycles. The number of hydrogen-bond donors (Lipinski definition) is 0. The van der Waals surface area contributed by atoms with Gasteiger partial charge < -0.3 is 4.74 Å². The molecule has 0 saturated heterocycles. The van der Waals surface area contributed by atoms with Gasteiger partial charge in [-0.05, 0) is 32.4 Å². The third-order valence-electron chi connectivity index (χ3n) is 3.09. The van der Waals surface area contributed by atoms with Crippen molar-refractivity contribution in [2.45, 2.75) is 20.8 Å². The van der Waals surface area contributed by atoms with E-state index in [0.717, 1.165) is 16.9 Å². The van der Waals surface area contributed by atoms with Crippen LogP contribution in [0.3, 0.4) is 0 Å². The van der Waals surface area contributed by atoms with Crippen LogP contribution in [-0.4, -0.2) is 19.7 Å². The molecule has 0 fully saturated rings. The average molecular weight is 280 g/mol. The first-order chi connectivity index (χ1) is 10.1. The van der Waals surface area contributed by atoms with Crippen LogP contribution in [0.5, 0.6) is 11.6 Å². The molecule has 3 rings (SSSR count). The molecule has 0 spiro atoms. The Bertz CT molecular complexity index is 759. The van der Waals surface area contributed by atoms with E-state index in [4.69, 9.17) is 4.74 Å². The van der Waals surface area contributed by atoms with Gasteiger partial charge in [0.25, 0.3) is 0 Å². The molecular formula is C16H16N4O. The third kappa shape index (κ3) is 2.91. The van der Waals surface area contributed by atoms with Gasteiger partial charge in [-0.2, -0.15) is 10.1 Å². The van der Waals surface area contributed by atoms with Crippen LogP contribution in [0.25, 0.3) is 5.69 Å². The van der Waals surface area contributed by atoms with Crippen LogP contribution >= 0.6 is 0 Å². The first kappa shape index (κ1) is 13.3. The molecule has 0 N–H and O–H groups in total. The van der Waals surface area contributed by atoms with Gasteiger partial charge in [0, 0.05) is 11.8 Å². The Balaban J connectivity index is 1.87. The van der Waals surface area contributed by atoms with Crippen molar-refractivity contribution in [1.29, 1.82) is 0 Å². The van der Waals surface area contributed by atoms with Crippen molar-refractivity contribution in [1.82, 2.24) is 19.7 Å². The maximum Gasteiger partial charge on any atom is 0.222 e. The van der Waals surface area contributed by atoms with Gasteiger partial charge in [-0.25, -0.2) is 9.67 Å². The summed E-state index contributed by atoms with van der Waals surface area (Å²) in [4.78, 5) is 8.49. The fourth-order valence-electron chi connectivity index (χ4n) is 2.17. The Morgan fingerprint density at radius 2 is 1.86 bits per heavy atom. The summed E-state index contributed by atoms with van der Waals surface area (Å²) in [6.07, 6.45) is 3.52. The number of ether oxygens (including phenoxy) is 1. The van der Waals surface area contributed by atoms with Gasteiger partial charge in [-0.15, -0.1) is 0 Å². The molecule has 0 amide bonds. The van der Waals surface area contributed by atoms with Crippen molar-refractivity contribution in [2.75, 3.05) is 0 Å². The summed E-state index contributed by atoms with van der Waals surface area (Å²) in [5, 5.41) is 4.34. The quantitative estimate of drug-likeness (QED) is 0.738. The zero-order valence-electron chi connectivity index (χ0n) is 12.2. The van der Waals surface area contributed by atoms with Crippen molar-refractivity contribution in [3.63, 3.8) is 0 Å². The molecule has 0 radical (unpaired) electrons. The molecule has 0 aliphatic heterocycles. The Morgan fingerprint density at radius 3 is 2.62 bits per heavy atom. The minimum Gasteiger partial charge on any atom is -0.436 e. The summed E-state index contributed by atoms with van der Waals surface area (Å²) in [6, 6.07) is 9.87. The SMILES string of the molecule is Cc1cc(Oc2cnn(-c3ccccc3C)c2)nc(C)n1. The van der Waals surface area contributed by atoms with Crippen LogP contribution < -0.4 is 4.74 Å². The Labute approximate surface area is 123 Å². The summed E-state index contributed by atoms with van der Waals surface area (Å²) in [5.41, 5.74) is 3.06. The van der Waals surface area contributed by atoms with Gasteiger partial charge >= 0.3 is 0 Å². The highest BCUT2D eigenvalue weighted by Gasteiger charge is 2.07. The Kier molecular flexibility index (Phi) is 3.39. The largest absolute Gasteiger partial charge is 0.436 e. The highest BCUT2D eigenvalue weighted by Crippen LogP contribution is 2.21. The van der Waals surface area contributed by atoms with E-state index in [1.54, 1.807) is 16.9 Å². The molecule has 0 aliphatic carbocycles. The van der Waals surface area contributed by atoms with Crippen molar-refractivity contribution < 1.29 is 4.74 Å². The second-order valence-electron chi connectivity index (χ2n) is 4.90. The molecule has 0 aliphatic rings. The lowest BCUT2D eigenvalue weighted by Crippen LogP contribution is -1.96. The number of para-hydroxylation sites is 1. The standard InChI is InChI=1S/C16H16N4O/c1-11-6-4-5-7-15(11)20-10-14(9-17-20)21-16-8-12(2)18-13(3)19-16/h4-10H,1-3H3. The van der Waals surface area contributed by atoms with Crippen LogP contribution in [0.2, 0.25) is 0 Å². The number of nitrogens with zero attached hydrogens (tertiary/aromatic N) is 4. The zero-order chi connectivity index (χ0) is 14.8. The molecule has 0 saturated carbocycles. The van der Waals surface area contributed by atoms with E-state index < -0.39 is 0 Å². The van der Waals surface area contributed by atoms with E-state index in [9.17, 15) is 0 Å². The highest BCUT2D eigenvalue weighted by atomic mass is 16.5. The van der Waals surface area contributed by atoms with Gasteiger partial charge in [0.15, 0.2) is 5.75 Å². The normalized spacial score (nSPS) is 10.6. The Morgan fingerprint density at radius 1 is 1.05 bits per heavy atom. The lowest BCUT2D eigenvalue weighted by Gasteiger charge is -2.05. The monoisotopic (exact) mass is 280 g/mol. The van der Waals surface area contributed by atoms with Gasteiger partial charge in [-0.1, -0.05) is 18.2 Å². The molecule has 21 heavy (non-hydrogen) atoms. The fourth-order valence-corrected chi connectivity index (χ4v) is 2.17. The molecule has 0 atom stereocenters. The molecule has 5 nitrogen and oxygen atoms in total. The van der Waals surface area contributed by atoms with Crippen LogP contribution in [0.1, 0.15) is 17.1 Å². The summed E-state index contributed by atoms with van der Waals surface area (Å²) in [6.45, 7) is 5.81. The molecule has 2 heterocycles. The average Bonchev–Trinajstić information content (AvgIpc) is 2.86. The van der Waals surface area contributed by atoms with Gasteiger partial charge in [0.2, 0.25) is 5.88 Å². The van der Waals surface area contributed by atoms with Crippen molar-refractivity contribution in [3.8, 4) is 17.3 Å². The topological polar surface area (TPSA) is 52.8 Å². The van der Waals surface area contributed by atoms with Crippen molar-refractivity contribution >= 4 is 0 Å². The molecule has 1 aromatic carbocycles. The smallest absolute Gasteiger partial charge is 0.222 e. The lowest BCUT2D eigenvalue weighted by molar-refractivity contribution is 0.459. The summed E-state index contributed by atoms with van der Waals surface area (Å²) >= 11 is 0. The van der Waals surface area contributed by atoms with E-state index in [2.05, 4.69) is 28.1 Å². The predicted octanol–water partition coefficient (Wildman–Crippen LogP) is 3.38. The van der Waals surface area contributed by atoms with Crippen LogP contribution in [0, 0.1) is 20.8 Å². The summed E-state index contributed by atoms with van der Waals surface area (Å²) in [5.74, 6) is 1.87. The Hall–Kier alpha value is -2.69. The van der Waals surface area contributed by atoms with Gasteiger partial charge in [-0.3, -0.25) is 0 Å². The van der Waals surface area contributed by atoms with Gasteiger partial charge in [0.1, 0.15) is 5.82 Å². The maximum atomic E-state index is 5.75. The predicted molar refractivity (Wildman–Crippen MR) is 79.9 cm³/mol. The van der Waals surface area contributed by atoms with Gasteiger partial charge in [0.05, 0.1) is 18.1 Å². The number of aryl methyl sites for hydroxylation is 3. The lowest BCUT2D eigenvalue weighted by atomic mass is 10.2. The summed E-state index contributed by atoms with van der Waals surface area (Å²) < 4.78 is 7.54. The van der Waals surface area contributed by atoms with E-state index in [-0.39, 0.29) is 0 Å². The minimum atomic E-state index is 0.532. The van der Waals surface area contributed by atoms with Crippen molar-refractivity contribution in [3.05, 3.63) is 59.8 Å². The number of benzene rings is 1. The first-order valence-corrected chi connectivity index (χ1v) is 6.72. The van der Waals surface area contributed by atoms with E-state index >= 15 is 0 Å². The van der Waals surface area contributed by atoms with Crippen LogP contribution in [0.15, 0.2) is 42.7 Å². The van der Waals surface area contributed by atoms with Crippen LogP contribution in [0.4, 0.5) is 0 Å².